The summed E-state index contributed by atoms with van der Waals surface area (Å²) in [5.74, 6) is -5.89. The second-order valence-corrected chi connectivity index (χ2v) is 7.06. The number of phenolic OH excluding ortho intramolecular Hbond substituents is 1. The molecular formula is C19H26N6O8. The highest BCUT2D eigenvalue weighted by atomic mass is 16.4. The average molecular weight is 466 g/mol. The number of aliphatic carboxylic acids is 1. The third kappa shape index (κ3) is 10.1. The summed E-state index contributed by atoms with van der Waals surface area (Å²) >= 11 is 0. The Kier molecular flexibility index (Phi) is 10.3. The zero-order valence-corrected chi connectivity index (χ0v) is 17.4. The monoisotopic (exact) mass is 466 g/mol. The molecule has 0 aromatic heterocycles. The smallest absolute Gasteiger partial charge is 0.326 e. The highest BCUT2D eigenvalue weighted by Gasteiger charge is 2.28. The number of carbonyl (C=O) groups is 6. The lowest BCUT2D eigenvalue weighted by Gasteiger charge is -2.21. The fraction of sp³-hybridized carbons (Fsp3) is 0.368. The average Bonchev–Trinajstić information content (AvgIpc) is 2.71. The topological polar surface area (TPSA) is 257 Å². The van der Waals surface area contributed by atoms with Crippen LogP contribution in [0, 0.1) is 0 Å². The maximum atomic E-state index is 12.7. The highest BCUT2D eigenvalue weighted by molar-refractivity contribution is 5.94. The largest absolute Gasteiger partial charge is 0.508 e. The molecule has 0 saturated heterocycles. The maximum Gasteiger partial charge on any atom is 0.326 e. The molecule has 33 heavy (non-hydrogen) atoms. The first-order chi connectivity index (χ1) is 15.4. The van der Waals surface area contributed by atoms with E-state index in [1.165, 1.54) is 24.3 Å². The lowest BCUT2D eigenvalue weighted by Crippen LogP contribution is -2.55. The molecule has 11 N–H and O–H groups in total. The lowest BCUT2D eigenvalue weighted by molar-refractivity contribution is -0.143. The number of amides is 5. The van der Waals surface area contributed by atoms with Gasteiger partial charge in [0.1, 0.15) is 17.8 Å². The molecule has 14 nitrogen and oxygen atoms in total. The summed E-state index contributed by atoms with van der Waals surface area (Å²) in [5.41, 5.74) is 15.9. The zero-order valence-electron chi connectivity index (χ0n) is 17.4. The molecule has 180 valence electrons. The number of primary amides is 2. The van der Waals surface area contributed by atoms with Gasteiger partial charge in [-0.3, -0.25) is 24.0 Å². The Morgan fingerprint density at radius 2 is 1.42 bits per heavy atom. The Bertz CT molecular complexity index is 904. The third-order valence-corrected chi connectivity index (χ3v) is 4.23. The molecule has 0 heterocycles. The van der Waals surface area contributed by atoms with Gasteiger partial charge < -0.3 is 43.4 Å². The Hall–Kier alpha value is -4.20. The van der Waals surface area contributed by atoms with E-state index in [9.17, 15) is 39.0 Å². The molecule has 1 rings (SSSR count). The molecular weight excluding hydrogens is 440 g/mol. The van der Waals surface area contributed by atoms with Crippen LogP contribution in [0.4, 0.5) is 0 Å². The van der Waals surface area contributed by atoms with Crippen molar-refractivity contribution in [1.82, 2.24) is 16.0 Å². The number of rotatable bonds is 13. The fourth-order valence-electron chi connectivity index (χ4n) is 2.60. The maximum absolute atomic E-state index is 12.7. The van der Waals surface area contributed by atoms with Crippen LogP contribution in [0.1, 0.15) is 18.4 Å². The van der Waals surface area contributed by atoms with Crippen LogP contribution in [0.2, 0.25) is 0 Å². The Labute approximate surface area is 187 Å². The van der Waals surface area contributed by atoms with Crippen LogP contribution in [0.5, 0.6) is 5.75 Å². The quantitative estimate of drug-likeness (QED) is 0.141. The number of carboxylic acids is 1. The standard InChI is InChI=1S/C19H26N6O8/c20-11(6-14(21)27)17(30)23-8-16(29)24-12(5-9-1-3-10(26)4-2-9)18(31)25-13(19(32)33)7-15(22)28/h1-4,11-13,26H,5-8,20H2,(H2,21,27)(H2,22,28)(H,23,30)(H,24,29)(H,25,31)(H,32,33). The normalized spacial score (nSPS) is 13.1. The number of carbonyl (C=O) groups excluding carboxylic acids is 5. The van der Waals surface area contributed by atoms with Gasteiger partial charge in [-0.2, -0.15) is 0 Å². The predicted molar refractivity (Wildman–Crippen MR) is 112 cm³/mol. The number of nitrogens with one attached hydrogen (secondary N) is 3. The first-order valence-electron chi connectivity index (χ1n) is 9.59. The first-order valence-corrected chi connectivity index (χ1v) is 9.59. The number of hydrogen-bond acceptors (Lipinski definition) is 8. The molecule has 0 aliphatic carbocycles. The second kappa shape index (κ2) is 12.6. The van der Waals surface area contributed by atoms with E-state index >= 15 is 0 Å². The minimum Gasteiger partial charge on any atom is -0.508 e. The van der Waals surface area contributed by atoms with Crippen LogP contribution in [0.15, 0.2) is 24.3 Å². The van der Waals surface area contributed by atoms with E-state index in [1.807, 2.05) is 0 Å². The van der Waals surface area contributed by atoms with Crippen molar-refractivity contribution in [1.29, 1.82) is 0 Å². The molecule has 0 radical (unpaired) electrons. The first kappa shape index (κ1) is 26.8. The Morgan fingerprint density at radius 3 is 1.94 bits per heavy atom. The van der Waals surface area contributed by atoms with Gasteiger partial charge in [0.15, 0.2) is 0 Å². The molecule has 1 aromatic rings. The van der Waals surface area contributed by atoms with Crippen LogP contribution in [-0.4, -0.2) is 70.4 Å². The van der Waals surface area contributed by atoms with Gasteiger partial charge >= 0.3 is 5.97 Å². The number of benzene rings is 1. The number of aromatic hydroxyl groups is 1. The van der Waals surface area contributed by atoms with Crippen molar-refractivity contribution in [2.45, 2.75) is 37.4 Å². The lowest BCUT2D eigenvalue weighted by atomic mass is 10.0. The van der Waals surface area contributed by atoms with Gasteiger partial charge in [0.05, 0.1) is 25.4 Å². The van der Waals surface area contributed by atoms with Crippen LogP contribution in [0.3, 0.4) is 0 Å². The molecule has 14 heteroatoms. The summed E-state index contributed by atoms with van der Waals surface area (Å²) in [7, 11) is 0. The minimum absolute atomic E-state index is 0.0359. The van der Waals surface area contributed by atoms with E-state index < -0.39 is 73.0 Å². The molecule has 5 amide bonds. The van der Waals surface area contributed by atoms with Crippen molar-refractivity contribution in [3.63, 3.8) is 0 Å². The molecule has 3 unspecified atom stereocenters. The van der Waals surface area contributed by atoms with Crippen molar-refractivity contribution in [2.24, 2.45) is 17.2 Å². The van der Waals surface area contributed by atoms with Crippen LogP contribution in [0.25, 0.3) is 0 Å². The highest BCUT2D eigenvalue weighted by Crippen LogP contribution is 2.11. The van der Waals surface area contributed by atoms with E-state index in [1.54, 1.807) is 0 Å². The molecule has 0 aliphatic heterocycles. The molecule has 0 bridgehead atoms. The number of carboxylic acid groups (broad SMARTS) is 1. The van der Waals surface area contributed by atoms with E-state index in [-0.39, 0.29) is 12.2 Å². The summed E-state index contributed by atoms with van der Waals surface area (Å²) in [6.45, 7) is -0.603. The SMILES string of the molecule is NC(=O)CC(N)C(=O)NCC(=O)NC(Cc1ccc(O)cc1)C(=O)NC(CC(N)=O)C(=O)O. The molecule has 0 saturated carbocycles. The van der Waals surface area contributed by atoms with Crippen molar-refractivity contribution in [3.8, 4) is 5.75 Å². The Balaban J connectivity index is 2.89. The van der Waals surface area contributed by atoms with Gasteiger partial charge in [-0.25, -0.2) is 4.79 Å². The van der Waals surface area contributed by atoms with Crippen LogP contribution >= 0.6 is 0 Å². The minimum atomic E-state index is -1.62. The van der Waals surface area contributed by atoms with Crippen molar-refractivity contribution in [3.05, 3.63) is 29.8 Å². The Morgan fingerprint density at radius 1 is 0.848 bits per heavy atom. The van der Waals surface area contributed by atoms with E-state index in [0.29, 0.717) is 5.56 Å². The van der Waals surface area contributed by atoms with Crippen molar-refractivity contribution in [2.75, 3.05) is 6.54 Å². The third-order valence-electron chi connectivity index (χ3n) is 4.23. The fourth-order valence-corrected chi connectivity index (χ4v) is 2.60. The van der Waals surface area contributed by atoms with Gasteiger partial charge in [0, 0.05) is 6.42 Å². The van der Waals surface area contributed by atoms with Crippen molar-refractivity contribution < 1.29 is 39.0 Å². The van der Waals surface area contributed by atoms with Crippen molar-refractivity contribution >= 4 is 35.5 Å². The summed E-state index contributed by atoms with van der Waals surface area (Å²) < 4.78 is 0. The van der Waals surface area contributed by atoms with Crippen LogP contribution < -0.4 is 33.2 Å². The van der Waals surface area contributed by atoms with E-state index in [2.05, 4.69) is 16.0 Å². The summed E-state index contributed by atoms with van der Waals surface area (Å²) in [4.78, 5) is 70.0. The zero-order chi connectivity index (χ0) is 25.1. The van der Waals surface area contributed by atoms with E-state index in [0.717, 1.165) is 0 Å². The summed E-state index contributed by atoms with van der Waals surface area (Å²) in [6, 6.07) is 1.44. The predicted octanol–water partition coefficient (Wildman–Crippen LogP) is -3.82. The number of nitrogens with two attached hydrogens (primary N) is 3. The van der Waals surface area contributed by atoms with Gasteiger partial charge in [-0.05, 0) is 17.7 Å². The number of phenols is 1. The second-order valence-electron chi connectivity index (χ2n) is 7.06. The molecule has 3 atom stereocenters. The van der Waals surface area contributed by atoms with Gasteiger partial charge in [-0.1, -0.05) is 12.1 Å². The summed E-state index contributed by atoms with van der Waals surface area (Å²) in [5, 5.41) is 25.2. The summed E-state index contributed by atoms with van der Waals surface area (Å²) in [6.07, 6.45) is -1.22. The van der Waals surface area contributed by atoms with Crippen LogP contribution in [-0.2, 0) is 35.2 Å². The van der Waals surface area contributed by atoms with Gasteiger partial charge in [-0.15, -0.1) is 0 Å². The van der Waals surface area contributed by atoms with Gasteiger partial charge in [0.2, 0.25) is 29.5 Å². The molecule has 0 fully saturated rings. The van der Waals surface area contributed by atoms with E-state index in [4.69, 9.17) is 17.2 Å². The van der Waals surface area contributed by atoms with Gasteiger partial charge in [0.25, 0.3) is 0 Å². The molecule has 1 aromatic carbocycles. The molecule has 0 spiro atoms. The number of hydrogen-bond donors (Lipinski definition) is 8. The molecule has 0 aliphatic rings.